The number of ether oxygens (including phenoxy) is 1. The lowest BCUT2D eigenvalue weighted by molar-refractivity contribution is -0.108. The quantitative estimate of drug-likeness (QED) is 0.288. The molecule has 6 nitrogen and oxygen atoms in total. The van der Waals surface area contributed by atoms with Gasteiger partial charge in [-0.3, -0.25) is 0 Å². The van der Waals surface area contributed by atoms with Crippen LogP contribution >= 0.6 is 22.6 Å². The number of nitrogens with zero attached hydrogens (tertiary/aromatic N) is 2. The highest BCUT2D eigenvalue weighted by Crippen LogP contribution is 2.37. The maximum atomic E-state index is 13.4. The maximum absolute atomic E-state index is 13.4. The van der Waals surface area contributed by atoms with Crippen molar-refractivity contribution in [1.82, 2.24) is 8.87 Å². The van der Waals surface area contributed by atoms with Gasteiger partial charge < -0.3 is 14.1 Å². The van der Waals surface area contributed by atoms with Crippen LogP contribution in [0.2, 0.25) is 0 Å². The summed E-state index contributed by atoms with van der Waals surface area (Å²) >= 11 is 2.28. The SMILES string of the molecule is Cc1cc(OC(C)C)ccc1S(=O)(=O)N1CCC(c2cn(CC=O)c3cc(I)ccc23)CC1. The number of piperidine rings is 1. The van der Waals surface area contributed by atoms with Crippen LogP contribution in [0.5, 0.6) is 5.75 Å². The van der Waals surface area contributed by atoms with E-state index in [9.17, 15) is 13.2 Å². The summed E-state index contributed by atoms with van der Waals surface area (Å²) in [6.07, 6.45) is 4.52. The van der Waals surface area contributed by atoms with Gasteiger partial charge in [-0.1, -0.05) is 6.07 Å². The van der Waals surface area contributed by atoms with E-state index in [4.69, 9.17) is 4.74 Å². The number of hydrogen-bond donors (Lipinski definition) is 0. The van der Waals surface area contributed by atoms with Crippen molar-refractivity contribution in [2.24, 2.45) is 0 Å². The summed E-state index contributed by atoms with van der Waals surface area (Å²) in [5.41, 5.74) is 2.95. The molecule has 1 saturated heterocycles. The highest BCUT2D eigenvalue weighted by molar-refractivity contribution is 14.1. The number of benzene rings is 2. The lowest BCUT2D eigenvalue weighted by Gasteiger charge is -2.31. The average Bonchev–Trinajstić information content (AvgIpc) is 3.11. The van der Waals surface area contributed by atoms with E-state index in [1.807, 2.05) is 25.3 Å². The number of fused-ring (bicyclic) bond motifs is 1. The van der Waals surface area contributed by atoms with Crippen LogP contribution in [-0.4, -0.2) is 42.8 Å². The molecule has 3 aromatic rings. The largest absolute Gasteiger partial charge is 0.491 e. The Kier molecular flexibility index (Phi) is 7.16. The number of hydrogen-bond acceptors (Lipinski definition) is 4. The molecular formula is C25H29IN2O4S. The molecule has 0 aliphatic carbocycles. The summed E-state index contributed by atoms with van der Waals surface area (Å²) in [5, 5.41) is 1.15. The summed E-state index contributed by atoms with van der Waals surface area (Å²) in [6.45, 7) is 6.97. The lowest BCUT2D eigenvalue weighted by atomic mass is 9.90. The second kappa shape index (κ2) is 9.76. The van der Waals surface area contributed by atoms with E-state index in [1.54, 1.807) is 22.5 Å². The topological polar surface area (TPSA) is 68.6 Å². The van der Waals surface area contributed by atoms with Gasteiger partial charge in [0.05, 0.1) is 17.5 Å². The molecule has 0 N–H and O–H groups in total. The zero-order valence-corrected chi connectivity index (χ0v) is 22.1. The molecule has 0 spiro atoms. The molecule has 1 fully saturated rings. The van der Waals surface area contributed by atoms with Gasteiger partial charge >= 0.3 is 0 Å². The summed E-state index contributed by atoms with van der Waals surface area (Å²) in [5.74, 6) is 0.941. The summed E-state index contributed by atoms with van der Waals surface area (Å²) in [6, 6.07) is 11.5. The molecule has 1 aromatic heterocycles. The molecule has 1 aliphatic rings. The second-order valence-electron chi connectivity index (χ2n) is 8.84. The maximum Gasteiger partial charge on any atom is 0.243 e. The molecular weight excluding hydrogens is 551 g/mol. The Morgan fingerprint density at radius 1 is 1.15 bits per heavy atom. The Hall–Kier alpha value is -1.91. The summed E-state index contributed by atoms with van der Waals surface area (Å²) < 4.78 is 37.1. The van der Waals surface area contributed by atoms with Crippen molar-refractivity contribution in [2.75, 3.05) is 13.1 Å². The predicted molar refractivity (Wildman–Crippen MR) is 138 cm³/mol. The number of aryl methyl sites for hydroxylation is 1. The highest BCUT2D eigenvalue weighted by atomic mass is 127. The summed E-state index contributed by atoms with van der Waals surface area (Å²) in [4.78, 5) is 11.5. The predicted octanol–water partition coefficient (Wildman–Crippen LogP) is 5.11. The number of aromatic nitrogens is 1. The number of rotatable bonds is 7. The molecule has 0 amide bonds. The first kappa shape index (κ1) is 24.2. The van der Waals surface area contributed by atoms with Gasteiger partial charge in [0.15, 0.2) is 0 Å². The van der Waals surface area contributed by atoms with Gasteiger partial charge in [0.1, 0.15) is 12.0 Å². The molecule has 2 heterocycles. The van der Waals surface area contributed by atoms with Crippen molar-refractivity contribution in [3.05, 3.63) is 57.3 Å². The fraction of sp³-hybridized carbons (Fsp3) is 0.400. The average molecular weight is 580 g/mol. The molecule has 0 unspecified atom stereocenters. The molecule has 33 heavy (non-hydrogen) atoms. The number of halogens is 1. The Labute approximate surface area is 209 Å². The van der Waals surface area contributed by atoms with Crippen LogP contribution in [0.3, 0.4) is 0 Å². The Balaban J connectivity index is 1.54. The van der Waals surface area contributed by atoms with Gasteiger partial charge in [0, 0.05) is 33.8 Å². The number of carbonyl (C=O) groups is 1. The van der Waals surface area contributed by atoms with E-state index >= 15 is 0 Å². The summed E-state index contributed by atoms with van der Waals surface area (Å²) in [7, 11) is -3.57. The Morgan fingerprint density at radius 3 is 2.52 bits per heavy atom. The minimum absolute atomic E-state index is 0.0341. The van der Waals surface area contributed by atoms with E-state index in [1.165, 1.54) is 5.56 Å². The third kappa shape index (κ3) is 4.97. The van der Waals surface area contributed by atoms with E-state index < -0.39 is 10.0 Å². The van der Waals surface area contributed by atoms with Crippen LogP contribution in [0.1, 0.15) is 43.7 Å². The van der Waals surface area contributed by atoms with Crippen LogP contribution in [0.4, 0.5) is 0 Å². The van der Waals surface area contributed by atoms with Crippen LogP contribution in [-0.2, 0) is 21.4 Å². The molecule has 0 saturated carbocycles. The zero-order chi connectivity index (χ0) is 23.8. The highest BCUT2D eigenvalue weighted by Gasteiger charge is 2.32. The van der Waals surface area contributed by atoms with E-state index in [-0.39, 0.29) is 12.0 Å². The van der Waals surface area contributed by atoms with Crippen molar-refractivity contribution >= 4 is 49.8 Å². The van der Waals surface area contributed by atoms with E-state index in [2.05, 4.69) is 47.0 Å². The molecule has 8 heteroatoms. The minimum Gasteiger partial charge on any atom is -0.491 e. The first-order valence-electron chi connectivity index (χ1n) is 11.2. The lowest BCUT2D eigenvalue weighted by Crippen LogP contribution is -2.38. The Morgan fingerprint density at radius 2 is 1.88 bits per heavy atom. The monoisotopic (exact) mass is 580 g/mol. The third-order valence-corrected chi connectivity index (χ3v) is 8.91. The van der Waals surface area contributed by atoms with Gasteiger partial charge in [-0.05, 0) is 104 Å². The smallest absolute Gasteiger partial charge is 0.243 e. The molecule has 4 rings (SSSR count). The van der Waals surface area contributed by atoms with Gasteiger partial charge in [0.2, 0.25) is 10.0 Å². The Bertz CT molecular complexity index is 1280. The van der Waals surface area contributed by atoms with Crippen molar-refractivity contribution < 1.29 is 17.9 Å². The standard InChI is InChI=1S/C25H29IN2O4S/c1-17(2)32-21-5-7-25(18(3)14-21)33(30,31)28-10-8-19(9-11-28)23-16-27(12-13-29)24-15-20(26)4-6-22(23)24/h4-7,13-17,19H,8-12H2,1-3H3. The van der Waals surface area contributed by atoms with Crippen LogP contribution < -0.4 is 4.74 Å². The molecule has 0 atom stereocenters. The van der Waals surface area contributed by atoms with E-state index in [0.717, 1.165) is 33.6 Å². The zero-order valence-electron chi connectivity index (χ0n) is 19.1. The van der Waals surface area contributed by atoms with Crippen LogP contribution in [0.25, 0.3) is 10.9 Å². The van der Waals surface area contributed by atoms with Crippen molar-refractivity contribution in [2.45, 2.75) is 57.1 Å². The van der Waals surface area contributed by atoms with Crippen LogP contribution in [0, 0.1) is 10.5 Å². The number of carbonyl (C=O) groups excluding carboxylic acids is 1. The first-order chi connectivity index (χ1) is 15.7. The van der Waals surface area contributed by atoms with Crippen molar-refractivity contribution in [1.29, 1.82) is 0 Å². The number of sulfonamides is 1. The third-order valence-electron chi connectivity index (χ3n) is 6.18. The van der Waals surface area contributed by atoms with Gasteiger partial charge in [-0.15, -0.1) is 0 Å². The molecule has 2 aromatic carbocycles. The molecule has 0 radical (unpaired) electrons. The van der Waals surface area contributed by atoms with Gasteiger partial charge in [0.25, 0.3) is 0 Å². The molecule has 176 valence electrons. The number of aldehydes is 1. The normalized spacial score (nSPS) is 15.9. The van der Waals surface area contributed by atoms with Gasteiger partial charge in [-0.25, -0.2) is 8.42 Å². The fourth-order valence-corrected chi connectivity index (χ4v) is 6.80. The van der Waals surface area contributed by atoms with Crippen molar-refractivity contribution in [3.8, 4) is 5.75 Å². The van der Waals surface area contributed by atoms with Gasteiger partial charge in [-0.2, -0.15) is 4.31 Å². The second-order valence-corrected chi connectivity index (χ2v) is 12.0. The molecule has 0 bridgehead atoms. The first-order valence-corrected chi connectivity index (χ1v) is 13.7. The minimum atomic E-state index is -3.57. The van der Waals surface area contributed by atoms with Crippen molar-refractivity contribution in [3.63, 3.8) is 0 Å². The van der Waals surface area contributed by atoms with E-state index in [0.29, 0.717) is 35.8 Å². The fourth-order valence-electron chi connectivity index (χ4n) is 4.65. The van der Waals surface area contributed by atoms with Crippen LogP contribution in [0.15, 0.2) is 47.5 Å². The molecule has 1 aliphatic heterocycles.